The maximum Gasteiger partial charge on any atom is 0.270 e. The number of nitro groups is 1. The topological polar surface area (TPSA) is 112 Å². The van der Waals surface area contributed by atoms with E-state index in [1.165, 1.54) is 12.1 Å². The lowest BCUT2D eigenvalue weighted by Crippen LogP contribution is -2.29. The van der Waals surface area contributed by atoms with Gasteiger partial charge in [0, 0.05) is 41.6 Å². The van der Waals surface area contributed by atoms with Crippen LogP contribution in [0.25, 0.3) is 10.9 Å². The minimum absolute atomic E-state index is 0.0323. The zero-order valence-electron chi connectivity index (χ0n) is 19.8. The Labute approximate surface area is 208 Å². The van der Waals surface area contributed by atoms with Gasteiger partial charge in [-0.25, -0.2) is 4.99 Å². The van der Waals surface area contributed by atoms with Crippen LogP contribution >= 0.6 is 0 Å². The molecule has 4 aromatic rings. The van der Waals surface area contributed by atoms with Crippen molar-refractivity contribution in [1.82, 2.24) is 9.88 Å². The van der Waals surface area contributed by atoms with Crippen LogP contribution in [0.3, 0.4) is 0 Å². The molecule has 5 rings (SSSR count). The molecule has 0 aliphatic carbocycles. The number of benzene rings is 3. The van der Waals surface area contributed by atoms with E-state index >= 15 is 0 Å². The summed E-state index contributed by atoms with van der Waals surface area (Å²) in [6.07, 6.45) is 2.32. The number of nitrogens with zero attached hydrogens (tertiary/aromatic N) is 3. The number of nitrogens with one attached hydrogen (secondary N) is 1. The van der Waals surface area contributed by atoms with Crippen LogP contribution in [-0.4, -0.2) is 38.1 Å². The lowest BCUT2D eigenvalue weighted by molar-refractivity contribution is -0.384. The summed E-state index contributed by atoms with van der Waals surface area (Å²) in [6, 6.07) is 21.6. The SMILES string of the molecule is CCC(c1ccc(N=C(c2ccccc2)c2c(O)[nH]c3ccc([N+](=O)[O-])cc23)cc1)N1CCCC1=O. The van der Waals surface area contributed by atoms with E-state index in [4.69, 9.17) is 4.99 Å². The summed E-state index contributed by atoms with van der Waals surface area (Å²) >= 11 is 0. The molecule has 1 unspecified atom stereocenters. The summed E-state index contributed by atoms with van der Waals surface area (Å²) < 4.78 is 0. The van der Waals surface area contributed by atoms with Gasteiger partial charge in [-0.3, -0.25) is 14.9 Å². The Kier molecular flexibility index (Phi) is 6.25. The molecule has 1 aliphatic rings. The molecule has 3 aromatic carbocycles. The van der Waals surface area contributed by atoms with E-state index in [1.807, 2.05) is 59.5 Å². The van der Waals surface area contributed by atoms with E-state index in [2.05, 4.69) is 11.9 Å². The first-order valence-corrected chi connectivity index (χ1v) is 12.0. The Hall–Kier alpha value is -4.46. The number of likely N-dealkylation sites (tertiary alicyclic amines) is 1. The lowest BCUT2D eigenvalue weighted by atomic mass is 10.00. The zero-order chi connectivity index (χ0) is 25.2. The minimum atomic E-state index is -0.458. The molecule has 8 nitrogen and oxygen atoms in total. The smallest absolute Gasteiger partial charge is 0.270 e. The Morgan fingerprint density at radius 2 is 1.89 bits per heavy atom. The molecule has 0 bridgehead atoms. The van der Waals surface area contributed by atoms with Crippen molar-refractivity contribution in [2.45, 2.75) is 32.2 Å². The number of amides is 1. The number of fused-ring (bicyclic) bond motifs is 1. The van der Waals surface area contributed by atoms with E-state index in [9.17, 15) is 20.0 Å². The van der Waals surface area contributed by atoms with Gasteiger partial charge in [-0.1, -0.05) is 49.4 Å². The highest BCUT2D eigenvalue weighted by molar-refractivity contribution is 6.22. The summed E-state index contributed by atoms with van der Waals surface area (Å²) in [5, 5.41) is 22.7. The quantitative estimate of drug-likeness (QED) is 0.190. The summed E-state index contributed by atoms with van der Waals surface area (Å²) in [5.74, 6) is 0.0857. The fraction of sp³-hybridized carbons (Fsp3) is 0.214. The van der Waals surface area contributed by atoms with Crippen LogP contribution in [0.2, 0.25) is 0 Å². The van der Waals surface area contributed by atoms with E-state index in [0.717, 1.165) is 30.5 Å². The average molecular weight is 483 g/mol. The van der Waals surface area contributed by atoms with Crippen molar-refractivity contribution < 1.29 is 14.8 Å². The van der Waals surface area contributed by atoms with Crippen LogP contribution in [0.1, 0.15) is 48.9 Å². The van der Waals surface area contributed by atoms with Gasteiger partial charge < -0.3 is 15.0 Å². The van der Waals surface area contributed by atoms with Gasteiger partial charge in [0.2, 0.25) is 5.91 Å². The molecule has 0 spiro atoms. The largest absolute Gasteiger partial charge is 0.494 e. The minimum Gasteiger partial charge on any atom is -0.494 e. The first-order chi connectivity index (χ1) is 17.5. The normalized spacial score (nSPS) is 15.0. The highest BCUT2D eigenvalue weighted by atomic mass is 16.6. The number of H-pyrrole nitrogens is 1. The molecule has 0 radical (unpaired) electrons. The Morgan fingerprint density at radius 3 is 2.53 bits per heavy atom. The molecule has 182 valence electrons. The first kappa shape index (κ1) is 23.3. The number of aliphatic imine (C=N–C) groups is 1. The van der Waals surface area contributed by atoms with Crippen LogP contribution in [0.15, 0.2) is 77.8 Å². The van der Waals surface area contributed by atoms with Gasteiger partial charge >= 0.3 is 0 Å². The standard InChI is InChI=1S/C28H26N4O4/c1-2-24(31-16-6-9-25(31)33)18-10-12-20(13-11-18)29-27(19-7-4-3-5-8-19)26-22-17-21(32(35)36)14-15-23(22)30-28(26)34/h3-5,7-8,10-15,17,24,30,34H,2,6,9,16H2,1H3. The number of nitro benzene ring substituents is 1. The van der Waals surface area contributed by atoms with Crippen LogP contribution in [0.5, 0.6) is 5.88 Å². The molecule has 1 fully saturated rings. The fourth-order valence-corrected chi connectivity index (χ4v) is 4.91. The molecule has 36 heavy (non-hydrogen) atoms. The van der Waals surface area contributed by atoms with Crippen molar-refractivity contribution in [2.75, 3.05) is 6.54 Å². The van der Waals surface area contributed by atoms with E-state index < -0.39 is 4.92 Å². The molecule has 8 heteroatoms. The summed E-state index contributed by atoms with van der Waals surface area (Å²) in [6.45, 7) is 2.86. The number of carbonyl (C=O) groups excluding carboxylic acids is 1. The fourth-order valence-electron chi connectivity index (χ4n) is 4.91. The summed E-state index contributed by atoms with van der Waals surface area (Å²) in [4.78, 5) is 33.0. The van der Waals surface area contributed by atoms with Crippen molar-refractivity contribution in [3.05, 3.63) is 99.6 Å². The second-order valence-corrected chi connectivity index (χ2v) is 8.87. The van der Waals surface area contributed by atoms with Gasteiger partial charge in [0.15, 0.2) is 5.88 Å². The van der Waals surface area contributed by atoms with Gasteiger partial charge in [-0.05, 0) is 36.6 Å². The third kappa shape index (κ3) is 4.33. The number of hydrogen-bond donors (Lipinski definition) is 2. The van der Waals surface area contributed by atoms with Crippen LogP contribution in [0, 0.1) is 10.1 Å². The van der Waals surface area contributed by atoms with Gasteiger partial charge in [0.05, 0.1) is 27.9 Å². The van der Waals surface area contributed by atoms with Crippen molar-refractivity contribution in [2.24, 2.45) is 4.99 Å². The highest BCUT2D eigenvalue weighted by Gasteiger charge is 2.28. The van der Waals surface area contributed by atoms with Gasteiger partial charge in [0.1, 0.15) is 0 Å². The third-order valence-electron chi connectivity index (χ3n) is 6.65. The second kappa shape index (κ2) is 9.65. The molecule has 1 aliphatic heterocycles. The van der Waals surface area contributed by atoms with E-state index in [1.54, 1.807) is 6.07 Å². The van der Waals surface area contributed by atoms with E-state index in [0.29, 0.717) is 34.3 Å². The molecule has 1 saturated heterocycles. The molecule has 2 N–H and O–H groups in total. The molecular formula is C28H26N4O4. The second-order valence-electron chi connectivity index (χ2n) is 8.87. The maximum absolute atomic E-state index is 12.3. The Bertz CT molecular complexity index is 1460. The number of aromatic hydroxyl groups is 1. The number of hydrogen-bond acceptors (Lipinski definition) is 5. The number of rotatable bonds is 7. The number of aromatic amines is 1. The average Bonchev–Trinajstić information content (AvgIpc) is 3.46. The van der Waals surface area contributed by atoms with Crippen molar-refractivity contribution in [3.8, 4) is 5.88 Å². The van der Waals surface area contributed by atoms with Crippen molar-refractivity contribution in [3.63, 3.8) is 0 Å². The van der Waals surface area contributed by atoms with Gasteiger partial charge in [-0.2, -0.15) is 0 Å². The molecule has 1 amide bonds. The van der Waals surface area contributed by atoms with Crippen LogP contribution < -0.4 is 0 Å². The molecule has 1 atom stereocenters. The lowest BCUT2D eigenvalue weighted by Gasteiger charge is -2.27. The Morgan fingerprint density at radius 1 is 1.14 bits per heavy atom. The first-order valence-electron chi connectivity index (χ1n) is 12.0. The van der Waals surface area contributed by atoms with E-state index in [-0.39, 0.29) is 23.5 Å². The summed E-state index contributed by atoms with van der Waals surface area (Å²) in [5.41, 5.74) is 3.89. The van der Waals surface area contributed by atoms with Crippen molar-refractivity contribution in [1.29, 1.82) is 0 Å². The molecule has 0 saturated carbocycles. The number of aromatic nitrogens is 1. The number of non-ortho nitro benzene ring substituents is 1. The highest BCUT2D eigenvalue weighted by Crippen LogP contribution is 2.34. The predicted molar refractivity (Wildman–Crippen MR) is 139 cm³/mol. The third-order valence-corrected chi connectivity index (χ3v) is 6.65. The maximum atomic E-state index is 12.3. The monoisotopic (exact) mass is 482 g/mol. The molecular weight excluding hydrogens is 456 g/mol. The zero-order valence-corrected chi connectivity index (χ0v) is 19.8. The predicted octanol–water partition coefficient (Wildman–Crippen LogP) is 6.02. The molecule has 1 aromatic heterocycles. The molecule has 2 heterocycles. The van der Waals surface area contributed by atoms with Gasteiger partial charge in [-0.15, -0.1) is 0 Å². The summed E-state index contributed by atoms with van der Waals surface area (Å²) in [7, 11) is 0. The number of carbonyl (C=O) groups is 1. The van der Waals surface area contributed by atoms with Crippen molar-refractivity contribution >= 4 is 33.9 Å². The van der Waals surface area contributed by atoms with Crippen LogP contribution in [0.4, 0.5) is 11.4 Å². The Balaban J connectivity index is 1.60. The van der Waals surface area contributed by atoms with Gasteiger partial charge in [0.25, 0.3) is 5.69 Å². The van der Waals surface area contributed by atoms with Crippen LogP contribution in [-0.2, 0) is 4.79 Å².